The van der Waals surface area contributed by atoms with E-state index < -0.39 is 16.0 Å². The maximum Gasteiger partial charge on any atom is 0.339 e. The molecule has 116 valence electrons. The standard InChI is InChI=1S/C13H17NO6S/c1-2-20-12-4-3-10(7-11(12)13(15)16)21(17,18)14-9-5-6-19-8-9/h3-4,7,9,14H,2,5-6,8H2,1H3,(H,15,16). The van der Waals surface area contributed by atoms with Crippen LogP contribution >= 0.6 is 0 Å². The van der Waals surface area contributed by atoms with Crippen LogP contribution < -0.4 is 9.46 Å². The number of carboxylic acid groups (broad SMARTS) is 1. The number of nitrogens with one attached hydrogen (secondary N) is 1. The average molecular weight is 315 g/mol. The largest absolute Gasteiger partial charge is 0.493 e. The van der Waals surface area contributed by atoms with Gasteiger partial charge in [-0.15, -0.1) is 0 Å². The number of hydrogen-bond donors (Lipinski definition) is 2. The summed E-state index contributed by atoms with van der Waals surface area (Å²) in [5, 5.41) is 9.15. The van der Waals surface area contributed by atoms with Crippen LogP contribution in [0.15, 0.2) is 23.1 Å². The summed E-state index contributed by atoms with van der Waals surface area (Å²) in [7, 11) is -3.78. The van der Waals surface area contributed by atoms with Crippen molar-refractivity contribution >= 4 is 16.0 Å². The summed E-state index contributed by atoms with van der Waals surface area (Å²) in [6.07, 6.45) is 0.599. The van der Waals surface area contributed by atoms with Crippen molar-refractivity contribution in [3.05, 3.63) is 23.8 Å². The zero-order chi connectivity index (χ0) is 15.5. The second-order valence-electron chi connectivity index (χ2n) is 4.58. The van der Waals surface area contributed by atoms with E-state index in [0.717, 1.165) is 6.07 Å². The Balaban J connectivity index is 2.30. The maximum atomic E-state index is 12.2. The fourth-order valence-corrected chi connectivity index (χ4v) is 3.32. The Morgan fingerprint density at radius 2 is 2.29 bits per heavy atom. The molecule has 0 aromatic heterocycles. The summed E-state index contributed by atoms with van der Waals surface area (Å²) < 4.78 is 37.3. The lowest BCUT2D eigenvalue weighted by Crippen LogP contribution is -2.35. The van der Waals surface area contributed by atoms with E-state index in [-0.39, 0.29) is 22.3 Å². The Kier molecular flexibility index (Phi) is 4.81. The number of aromatic carboxylic acids is 1. The van der Waals surface area contributed by atoms with Crippen molar-refractivity contribution in [2.45, 2.75) is 24.3 Å². The van der Waals surface area contributed by atoms with Gasteiger partial charge in [0.2, 0.25) is 10.0 Å². The van der Waals surface area contributed by atoms with Crippen LogP contribution in [-0.2, 0) is 14.8 Å². The third-order valence-electron chi connectivity index (χ3n) is 3.04. The zero-order valence-corrected chi connectivity index (χ0v) is 12.4. The molecule has 1 aromatic carbocycles. The molecule has 21 heavy (non-hydrogen) atoms. The predicted octanol–water partition coefficient (Wildman–Crippen LogP) is 0.851. The fraction of sp³-hybridized carbons (Fsp3) is 0.462. The van der Waals surface area contributed by atoms with Gasteiger partial charge in [0, 0.05) is 12.6 Å². The number of ether oxygens (including phenoxy) is 2. The molecule has 1 aromatic rings. The minimum absolute atomic E-state index is 0.102. The van der Waals surface area contributed by atoms with Crippen LogP contribution in [0.3, 0.4) is 0 Å². The third kappa shape index (κ3) is 3.72. The number of sulfonamides is 1. The Morgan fingerprint density at radius 3 is 2.86 bits per heavy atom. The van der Waals surface area contributed by atoms with E-state index in [4.69, 9.17) is 14.6 Å². The second kappa shape index (κ2) is 6.42. The van der Waals surface area contributed by atoms with Gasteiger partial charge in [-0.25, -0.2) is 17.9 Å². The quantitative estimate of drug-likeness (QED) is 0.807. The highest BCUT2D eigenvalue weighted by Gasteiger charge is 2.25. The molecule has 0 bridgehead atoms. The Bertz CT molecular complexity index is 622. The predicted molar refractivity (Wildman–Crippen MR) is 74.1 cm³/mol. The summed E-state index contributed by atoms with van der Waals surface area (Å²) >= 11 is 0. The van der Waals surface area contributed by atoms with Gasteiger partial charge < -0.3 is 14.6 Å². The van der Waals surface area contributed by atoms with Crippen LogP contribution in [-0.4, -0.2) is 45.4 Å². The molecule has 0 amide bonds. The van der Waals surface area contributed by atoms with Gasteiger partial charge in [-0.05, 0) is 31.5 Å². The summed E-state index contributed by atoms with van der Waals surface area (Å²) in [6, 6.07) is 3.50. The number of benzene rings is 1. The van der Waals surface area contributed by atoms with Crippen LogP contribution in [0.1, 0.15) is 23.7 Å². The number of rotatable bonds is 6. The second-order valence-corrected chi connectivity index (χ2v) is 6.29. The topological polar surface area (TPSA) is 102 Å². The molecule has 7 nitrogen and oxygen atoms in total. The molecule has 1 atom stereocenters. The third-order valence-corrected chi connectivity index (χ3v) is 4.56. The van der Waals surface area contributed by atoms with Crippen LogP contribution in [0.25, 0.3) is 0 Å². The van der Waals surface area contributed by atoms with E-state index in [9.17, 15) is 13.2 Å². The van der Waals surface area contributed by atoms with Crippen molar-refractivity contribution < 1.29 is 27.8 Å². The first kappa shape index (κ1) is 15.7. The molecule has 0 aliphatic carbocycles. The molecule has 1 saturated heterocycles. The van der Waals surface area contributed by atoms with E-state index in [1.165, 1.54) is 12.1 Å². The van der Waals surface area contributed by atoms with Crippen molar-refractivity contribution in [3.8, 4) is 5.75 Å². The summed E-state index contributed by atoms with van der Waals surface area (Å²) in [5.74, 6) is -1.09. The van der Waals surface area contributed by atoms with E-state index in [1.807, 2.05) is 0 Å². The lowest BCUT2D eigenvalue weighted by atomic mass is 10.2. The molecule has 1 heterocycles. The van der Waals surface area contributed by atoms with Gasteiger partial charge in [0.1, 0.15) is 11.3 Å². The molecule has 0 saturated carbocycles. The first-order chi connectivity index (χ1) is 9.94. The highest BCUT2D eigenvalue weighted by atomic mass is 32.2. The lowest BCUT2D eigenvalue weighted by molar-refractivity contribution is 0.0692. The van der Waals surface area contributed by atoms with Crippen molar-refractivity contribution in [1.29, 1.82) is 0 Å². The minimum atomic E-state index is -3.78. The highest BCUT2D eigenvalue weighted by Crippen LogP contribution is 2.23. The fourth-order valence-electron chi connectivity index (χ4n) is 2.04. The van der Waals surface area contributed by atoms with Crippen LogP contribution in [0.2, 0.25) is 0 Å². The molecule has 1 aliphatic rings. The molecule has 8 heteroatoms. The monoisotopic (exact) mass is 315 g/mol. The van der Waals surface area contributed by atoms with Crippen molar-refractivity contribution in [3.63, 3.8) is 0 Å². The van der Waals surface area contributed by atoms with Gasteiger partial charge >= 0.3 is 5.97 Å². The van der Waals surface area contributed by atoms with Gasteiger partial charge in [-0.3, -0.25) is 0 Å². The highest BCUT2D eigenvalue weighted by molar-refractivity contribution is 7.89. The van der Waals surface area contributed by atoms with E-state index >= 15 is 0 Å². The first-order valence-electron chi connectivity index (χ1n) is 6.54. The molecular weight excluding hydrogens is 298 g/mol. The van der Waals surface area contributed by atoms with E-state index in [2.05, 4.69) is 4.72 Å². The normalized spacial score (nSPS) is 18.6. The first-order valence-corrected chi connectivity index (χ1v) is 8.02. The average Bonchev–Trinajstić information content (AvgIpc) is 2.91. The van der Waals surface area contributed by atoms with Crippen molar-refractivity contribution in [2.24, 2.45) is 0 Å². The van der Waals surface area contributed by atoms with Gasteiger partial charge in [0.25, 0.3) is 0 Å². The molecule has 1 fully saturated rings. The molecule has 0 spiro atoms. The molecule has 2 N–H and O–H groups in total. The molecule has 1 unspecified atom stereocenters. The Morgan fingerprint density at radius 1 is 1.52 bits per heavy atom. The SMILES string of the molecule is CCOc1ccc(S(=O)(=O)NC2CCOC2)cc1C(=O)O. The molecule has 0 radical (unpaired) electrons. The number of carboxylic acids is 1. The van der Waals surface area contributed by atoms with Gasteiger partial charge in [0.15, 0.2) is 0 Å². The zero-order valence-electron chi connectivity index (χ0n) is 11.5. The van der Waals surface area contributed by atoms with Crippen LogP contribution in [0, 0.1) is 0 Å². The van der Waals surface area contributed by atoms with Crippen molar-refractivity contribution in [1.82, 2.24) is 4.72 Å². The van der Waals surface area contributed by atoms with E-state index in [0.29, 0.717) is 26.2 Å². The number of carbonyl (C=O) groups is 1. The van der Waals surface area contributed by atoms with E-state index in [1.54, 1.807) is 6.92 Å². The van der Waals surface area contributed by atoms with Crippen molar-refractivity contribution in [2.75, 3.05) is 19.8 Å². The smallest absolute Gasteiger partial charge is 0.339 e. The summed E-state index contributed by atoms with van der Waals surface area (Å²) in [5.41, 5.74) is -0.178. The lowest BCUT2D eigenvalue weighted by Gasteiger charge is -2.13. The van der Waals surface area contributed by atoms with Gasteiger partial charge in [-0.1, -0.05) is 0 Å². The summed E-state index contributed by atoms with van der Waals surface area (Å²) in [4.78, 5) is 11.1. The minimum Gasteiger partial charge on any atom is -0.493 e. The van der Waals surface area contributed by atoms with Gasteiger partial charge in [-0.2, -0.15) is 0 Å². The van der Waals surface area contributed by atoms with Crippen LogP contribution in [0.4, 0.5) is 0 Å². The van der Waals surface area contributed by atoms with Gasteiger partial charge in [0.05, 0.1) is 18.1 Å². The molecule has 1 aliphatic heterocycles. The van der Waals surface area contributed by atoms with Crippen LogP contribution in [0.5, 0.6) is 5.75 Å². The number of hydrogen-bond acceptors (Lipinski definition) is 5. The Labute approximate surface area is 122 Å². The maximum absolute atomic E-state index is 12.2. The summed E-state index contributed by atoms with van der Waals surface area (Å²) in [6.45, 7) is 2.85. The molecule has 2 rings (SSSR count). The Hall–Kier alpha value is -1.64. The molecular formula is C13H17NO6S.